The van der Waals surface area contributed by atoms with Gasteiger partial charge in [0.1, 0.15) is 36.6 Å². The Hall–Kier alpha value is -10.2. The van der Waals surface area contributed by atoms with Crippen molar-refractivity contribution in [1.29, 1.82) is 16.2 Å². The topological polar surface area (TPSA) is 571 Å². The van der Waals surface area contributed by atoms with Crippen LogP contribution in [0.25, 0.3) is 27.2 Å². The lowest BCUT2D eigenvalue weighted by atomic mass is 10.1. The number of carbonyl (C=O) groups is 12. The van der Waals surface area contributed by atoms with E-state index in [2.05, 4.69) is 94.7 Å². The van der Waals surface area contributed by atoms with Crippen LogP contribution in [0.15, 0.2) is 31.8 Å². The van der Waals surface area contributed by atoms with Crippen LogP contribution in [-0.4, -0.2) is 225 Å². The summed E-state index contributed by atoms with van der Waals surface area (Å²) in [6.45, 7) is 28.8. The van der Waals surface area contributed by atoms with E-state index < -0.39 is 81.2 Å². The normalized spacial score (nSPS) is 14.0. The molecule has 0 radical (unpaired) electrons. The summed E-state index contributed by atoms with van der Waals surface area (Å²) in [5, 5.41) is 31.4. The molecule has 3 aliphatic heterocycles. The lowest BCUT2D eigenvalue weighted by Gasteiger charge is -2.31. The number of alkyl halides is 1. The number of halogens is 3. The van der Waals surface area contributed by atoms with E-state index in [4.69, 9.17) is 48.5 Å². The minimum atomic E-state index is -1.02. The summed E-state index contributed by atoms with van der Waals surface area (Å²) in [6.07, 6.45) is 8.62. The fourth-order valence-electron chi connectivity index (χ4n) is 8.78. The second kappa shape index (κ2) is 56.1. The monoisotopic (exact) mass is 1740 g/mol. The zero-order valence-electron chi connectivity index (χ0n) is 63.1. The number of H-pyrrole nitrogens is 1. The van der Waals surface area contributed by atoms with Gasteiger partial charge in [0.05, 0.1) is 65.2 Å². The van der Waals surface area contributed by atoms with Gasteiger partial charge in [-0.15, -0.1) is 0 Å². The number of aryl methyl sites for hydroxylation is 1. The molecule has 3 aliphatic rings. The molecule has 608 valence electrons. The van der Waals surface area contributed by atoms with Crippen LogP contribution in [0.5, 0.6) is 0 Å². The number of aromatic nitrogens is 8. The Morgan fingerprint density at radius 1 is 0.587 bits per heavy atom. The number of imide groups is 3. The number of ether oxygens (including phenoxy) is 5. The molecule has 7 heterocycles. The van der Waals surface area contributed by atoms with Gasteiger partial charge < -0.3 is 49.1 Å². The lowest BCUT2D eigenvalue weighted by Crippen LogP contribution is -2.65. The van der Waals surface area contributed by atoms with Crippen molar-refractivity contribution in [2.24, 2.45) is 18.5 Å². The molecule has 4 aromatic heterocycles. The molecule has 2 unspecified atom stereocenters. The predicted octanol–water partition coefficient (Wildman–Crippen LogP) is 2.51. The fraction of sp³-hybridized carbons (Fsp3) is 0.594. The molecule has 0 aromatic carbocycles. The number of primary amides is 1. The van der Waals surface area contributed by atoms with Gasteiger partial charge in [0.15, 0.2) is 27.2 Å². The zero-order chi connectivity index (χ0) is 83.6. The molecule has 0 bridgehead atoms. The number of amidine groups is 3. The Bertz CT molecular complexity index is 4010. The summed E-state index contributed by atoms with van der Waals surface area (Å²) in [7, 11) is 1.55. The predicted molar refractivity (Wildman–Crippen MR) is 409 cm³/mol. The van der Waals surface area contributed by atoms with Gasteiger partial charge in [-0.1, -0.05) is 63.9 Å². The fourth-order valence-corrected chi connectivity index (χ4v) is 9.14. The molecule has 12 N–H and O–H groups in total. The van der Waals surface area contributed by atoms with E-state index in [0.29, 0.717) is 71.5 Å². The summed E-state index contributed by atoms with van der Waals surface area (Å²) in [6, 6.07) is -2.61. The third-order valence-corrected chi connectivity index (χ3v) is 14.3. The number of hydrogen-bond donors (Lipinski definition) is 10. The van der Waals surface area contributed by atoms with Crippen molar-refractivity contribution in [1.82, 2.24) is 73.8 Å². The number of amides is 10. The van der Waals surface area contributed by atoms with Crippen LogP contribution in [0.1, 0.15) is 134 Å². The molecule has 3 saturated heterocycles. The second-order valence-corrected chi connectivity index (χ2v) is 22.8. The number of nitrogens with two attached hydrogens (primary N) is 2. The highest BCUT2D eigenvalue weighted by Crippen LogP contribution is 2.13. The highest BCUT2D eigenvalue weighted by atomic mass is 80.9. The van der Waals surface area contributed by atoms with Crippen molar-refractivity contribution in [3.63, 3.8) is 0 Å². The quantitative estimate of drug-likeness (QED) is 0.0177. The SMILES string of the molecule is BrBr.CCCCC(N)=O.CCCN1C(=O)CC(=N)NC1=O.CCCN1C(=O)NC(=N)C(Br)C1=O.CCCN1C(=O)NC(=N)C(NCC(=O)OCC)C1=O.CCCn1c(=O)[nH]c2ncn(CC(=O)OCC)c2c1=O.CCCn1c(=O)c2c(ncn2CC(=O)OCC)n(C)c1=O.CCOC(=O)CN.[C-]#[N+]CC(=O)OCC. The van der Waals surface area contributed by atoms with E-state index >= 15 is 0 Å². The van der Waals surface area contributed by atoms with Crippen molar-refractivity contribution in [2.75, 3.05) is 72.3 Å². The van der Waals surface area contributed by atoms with E-state index in [-0.39, 0.29) is 129 Å². The van der Waals surface area contributed by atoms with Gasteiger partial charge in [-0.05, 0) is 73.1 Å². The van der Waals surface area contributed by atoms with Gasteiger partial charge in [0, 0.05) is 74.4 Å². The number of esters is 5. The first-order valence-electron chi connectivity index (χ1n) is 34.3. The zero-order valence-corrected chi connectivity index (χ0v) is 67.8. The first-order valence-corrected chi connectivity index (χ1v) is 38.9. The van der Waals surface area contributed by atoms with Crippen LogP contribution in [0.4, 0.5) is 14.4 Å². The largest absolute Gasteiger partial charge is 0.465 e. The minimum Gasteiger partial charge on any atom is -0.465 e. The third kappa shape index (κ3) is 35.1. The molecule has 4 aromatic rings. The number of imidazole rings is 2. The Balaban J connectivity index is 0. The van der Waals surface area contributed by atoms with Gasteiger partial charge in [-0.25, -0.2) is 45.3 Å². The number of carbonyl (C=O) groups excluding carboxylic acids is 12. The molecule has 109 heavy (non-hydrogen) atoms. The number of hydrogen-bond acceptors (Lipinski definition) is 28. The molecule has 2 atom stereocenters. The molecular weight excluding hydrogens is 1640 g/mol. The van der Waals surface area contributed by atoms with Crippen LogP contribution in [0.2, 0.25) is 0 Å². The van der Waals surface area contributed by atoms with Crippen molar-refractivity contribution in [3.8, 4) is 0 Å². The molecule has 45 heteroatoms. The van der Waals surface area contributed by atoms with Crippen molar-refractivity contribution >= 4 is 156 Å². The number of unbranched alkanes of at least 4 members (excludes halogenated alkanes) is 1. The molecule has 0 spiro atoms. The number of fused-ring (bicyclic) bond motifs is 2. The van der Waals surface area contributed by atoms with Crippen LogP contribution >= 0.6 is 44.2 Å². The number of nitrogens with one attached hydrogen (secondary N) is 8. The first-order chi connectivity index (χ1) is 51.7. The maximum absolute atomic E-state index is 12.4. The number of nitrogens with zero attached hydrogens (tertiary/aromatic N) is 11. The summed E-state index contributed by atoms with van der Waals surface area (Å²) >= 11 is 8.53. The van der Waals surface area contributed by atoms with Gasteiger partial charge in [0.25, 0.3) is 22.9 Å². The summed E-state index contributed by atoms with van der Waals surface area (Å²) < 4.78 is 29.7. The van der Waals surface area contributed by atoms with E-state index in [9.17, 15) is 76.7 Å². The summed E-state index contributed by atoms with van der Waals surface area (Å²) in [5.74, 6) is -3.95. The molecule has 3 fully saturated rings. The smallest absolute Gasteiger partial charge is 0.387 e. The highest BCUT2D eigenvalue weighted by molar-refractivity contribution is 9.93. The Morgan fingerprint density at radius 3 is 1.49 bits per heavy atom. The van der Waals surface area contributed by atoms with Crippen LogP contribution < -0.4 is 55.2 Å². The highest BCUT2D eigenvalue weighted by Gasteiger charge is 2.38. The van der Waals surface area contributed by atoms with E-state index in [1.165, 1.54) is 26.4 Å². The minimum absolute atomic E-state index is 0.00569. The molecule has 0 aliphatic carbocycles. The van der Waals surface area contributed by atoms with E-state index in [0.717, 1.165) is 43.1 Å². The standard InChI is InChI=1S/C13H18N4O4.C12H16N4O4.C11H18N4O4.C7H10BrN3O2.C7H11N3O2.C5H7NO2.C5H11NO.C4H9NO2.Br2/c1-4-6-17-12(19)10-11(15(3)13(17)20)14-8-16(10)7-9(18)21-5-2;1-3-5-16-11(18)9-10(14-12(16)19)13-7-15(9)6-8(17)20-4-2;1-3-5-15-10(17)8(9(12)14-11(15)18)13-6-7(16)19-4-2;1-2-3-11-6(12)4(8)5(9)10-7(11)13;1-2-3-10-6(11)4-5(8)9-7(10)12;1-3-8-5(7)4-6-2;1-2-3-4-5(6)7;1-2-7-4(6)3-5;1-2/h8H,4-7H2,1-3H3;7H,3-6H2,1-2H3,(H,14,19);8,13H,3-6H2,1-2H3,(H2,12,14,18);4H,2-3H2,1H3,(H2,9,10,13);2-4H2,1H3,(H2,8,9,12);3-4H2,1H3;2-4H2,1H3,(H2,6,7);2-3,5H2,1H3;. The first kappa shape index (κ1) is 101. The molecule has 7 rings (SSSR count). The van der Waals surface area contributed by atoms with Crippen LogP contribution in [0.3, 0.4) is 0 Å². The van der Waals surface area contributed by atoms with Gasteiger partial charge in [-0.2, -0.15) is 0 Å². The number of rotatable bonds is 27. The average Bonchev–Trinajstić information content (AvgIpc) is 1.65. The van der Waals surface area contributed by atoms with Gasteiger partial charge >= 0.3 is 65.9 Å². The molecule has 0 saturated carbocycles. The van der Waals surface area contributed by atoms with Gasteiger partial charge in [-0.3, -0.25) is 119 Å². The maximum atomic E-state index is 12.4. The van der Waals surface area contributed by atoms with Crippen LogP contribution in [-0.2, 0) is 100 Å². The Kier molecular flexibility index (Phi) is 51.9. The van der Waals surface area contributed by atoms with Crippen molar-refractivity contribution < 1.29 is 81.2 Å². The van der Waals surface area contributed by atoms with E-state index in [1.54, 1.807) is 41.7 Å². The van der Waals surface area contributed by atoms with E-state index in [1.807, 2.05) is 41.5 Å². The summed E-state index contributed by atoms with van der Waals surface area (Å²) in [5.41, 5.74) is 8.81. The Morgan fingerprint density at radius 2 is 1.03 bits per heavy atom. The lowest BCUT2D eigenvalue weighted by molar-refractivity contribution is -0.144. The van der Waals surface area contributed by atoms with Crippen LogP contribution in [0, 0.1) is 22.8 Å². The Labute approximate surface area is 651 Å². The molecule has 42 nitrogen and oxygen atoms in total. The van der Waals surface area contributed by atoms with Gasteiger partial charge in [0.2, 0.25) is 11.8 Å². The second-order valence-electron chi connectivity index (χ2n) is 21.9. The molecular formula is C64H100Br3N21O21. The number of aromatic amines is 1. The average molecular weight is 1740 g/mol. The maximum Gasteiger partial charge on any atom is 0.387 e. The van der Waals surface area contributed by atoms with Crippen molar-refractivity contribution in [2.45, 2.75) is 171 Å². The molecule has 10 amide bonds. The number of urea groups is 3. The van der Waals surface area contributed by atoms with Crippen molar-refractivity contribution in [3.05, 3.63) is 65.7 Å². The summed E-state index contributed by atoms with van der Waals surface area (Å²) in [4.78, 5) is 197. The third-order valence-electron chi connectivity index (χ3n) is 13.5.